The molecule has 0 fully saturated rings. The lowest BCUT2D eigenvalue weighted by molar-refractivity contribution is 0.0595. The molecule has 0 saturated carbocycles. The maximum absolute atomic E-state index is 11.3. The fraction of sp³-hybridized carbons (Fsp3) is 0.455. The van der Waals surface area contributed by atoms with E-state index in [0.29, 0.717) is 12.2 Å². The molecule has 0 atom stereocenters. The van der Waals surface area contributed by atoms with E-state index in [2.05, 4.69) is 11.7 Å². The Morgan fingerprint density at radius 1 is 1.47 bits per heavy atom. The molecule has 0 bridgehead atoms. The zero-order chi connectivity index (χ0) is 11.3. The monoisotopic (exact) mass is 210 g/mol. The molecule has 1 aromatic rings. The van der Waals surface area contributed by atoms with Crippen molar-refractivity contribution in [2.45, 2.75) is 26.2 Å². The topological polar surface area (TPSA) is 56.5 Å². The summed E-state index contributed by atoms with van der Waals surface area (Å²) in [5.74, 6) is -0.0553. The van der Waals surface area contributed by atoms with E-state index in [4.69, 9.17) is 4.42 Å². The van der Waals surface area contributed by atoms with Crippen molar-refractivity contribution >= 4 is 5.97 Å². The number of esters is 1. The van der Waals surface area contributed by atoms with Crippen molar-refractivity contribution in [2.75, 3.05) is 7.11 Å². The molecule has 0 spiro atoms. The van der Waals surface area contributed by atoms with Crippen LogP contribution in [0, 0.1) is 0 Å². The molecule has 1 aromatic heterocycles. The molecule has 1 rings (SSSR count). The Morgan fingerprint density at radius 2 is 2.20 bits per heavy atom. The zero-order valence-corrected chi connectivity index (χ0v) is 8.91. The van der Waals surface area contributed by atoms with Crippen molar-refractivity contribution in [3.63, 3.8) is 0 Å². The molecule has 1 heterocycles. The van der Waals surface area contributed by atoms with Crippen molar-refractivity contribution in [3.8, 4) is 0 Å². The van der Waals surface area contributed by atoms with E-state index in [1.54, 1.807) is 6.07 Å². The molecule has 82 valence electrons. The van der Waals surface area contributed by atoms with Gasteiger partial charge in [-0.1, -0.05) is 13.3 Å². The average Bonchev–Trinajstić information content (AvgIpc) is 2.25. The number of unbranched alkanes of at least 4 members (excludes halogenated alkanes) is 1. The summed E-state index contributed by atoms with van der Waals surface area (Å²) in [6.07, 6.45) is 2.70. The highest BCUT2D eigenvalue weighted by molar-refractivity contribution is 5.88. The summed E-state index contributed by atoms with van der Waals surface area (Å²) < 4.78 is 9.42. The van der Waals surface area contributed by atoms with E-state index in [1.807, 2.05) is 0 Å². The van der Waals surface area contributed by atoms with Crippen LogP contribution in [0.5, 0.6) is 0 Å². The predicted molar refractivity (Wildman–Crippen MR) is 54.9 cm³/mol. The van der Waals surface area contributed by atoms with Crippen LogP contribution in [0.25, 0.3) is 0 Å². The summed E-state index contributed by atoms with van der Waals surface area (Å²) >= 11 is 0. The van der Waals surface area contributed by atoms with Crippen LogP contribution in [0.1, 0.15) is 35.9 Å². The lowest BCUT2D eigenvalue weighted by atomic mass is 10.2. The van der Waals surface area contributed by atoms with E-state index in [0.717, 1.165) is 12.8 Å². The van der Waals surface area contributed by atoms with Gasteiger partial charge in [0, 0.05) is 6.42 Å². The summed E-state index contributed by atoms with van der Waals surface area (Å²) in [5, 5.41) is 0. The smallest absolute Gasteiger partial charge is 0.350 e. The SMILES string of the molecule is CCCCc1ccc(C(=O)OC)c(=O)o1. The molecule has 0 unspecified atom stereocenters. The first-order valence-corrected chi connectivity index (χ1v) is 4.90. The number of carbonyl (C=O) groups excluding carboxylic acids is 1. The molecule has 0 amide bonds. The Balaban J connectivity index is 2.88. The van der Waals surface area contributed by atoms with Crippen LogP contribution >= 0.6 is 0 Å². The third-order valence-electron chi connectivity index (χ3n) is 2.06. The van der Waals surface area contributed by atoms with Gasteiger partial charge in [0.1, 0.15) is 11.3 Å². The summed E-state index contributed by atoms with van der Waals surface area (Å²) in [5.41, 5.74) is -0.687. The number of rotatable bonds is 4. The Bertz CT molecular complexity index is 392. The lowest BCUT2D eigenvalue weighted by Crippen LogP contribution is -2.15. The van der Waals surface area contributed by atoms with Gasteiger partial charge in [-0.05, 0) is 18.6 Å². The number of aryl methyl sites for hydroxylation is 1. The molecule has 0 N–H and O–H groups in total. The minimum absolute atomic E-state index is 0.0576. The fourth-order valence-electron chi connectivity index (χ4n) is 1.20. The zero-order valence-electron chi connectivity index (χ0n) is 8.91. The maximum Gasteiger partial charge on any atom is 0.350 e. The van der Waals surface area contributed by atoms with Crippen LogP contribution in [0.4, 0.5) is 0 Å². The third kappa shape index (κ3) is 2.94. The van der Waals surface area contributed by atoms with Crippen molar-refractivity contribution in [1.29, 1.82) is 0 Å². The Kier molecular flexibility index (Phi) is 4.09. The molecule has 15 heavy (non-hydrogen) atoms. The number of methoxy groups -OCH3 is 1. The summed E-state index contributed by atoms with van der Waals surface area (Å²) in [6, 6.07) is 3.09. The molecule has 0 aromatic carbocycles. The number of hydrogen-bond acceptors (Lipinski definition) is 4. The summed E-state index contributed by atoms with van der Waals surface area (Å²) in [4.78, 5) is 22.4. The van der Waals surface area contributed by atoms with Crippen LogP contribution in [-0.4, -0.2) is 13.1 Å². The summed E-state index contributed by atoms with van der Waals surface area (Å²) in [6.45, 7) is 2.06. The Morgan fingerprint density at radius 3 is 2.73 bits per heavy atom. The maximum atomic E-state index is 11.3. The van der Waals surface area contributed by atoms with Crippen LogP contribution < -0.4 is 5.63 Å². The molecule has 0 saturated heterocycles. The predicted octanol–water partition coefficient (Wildman–Crippen LogP) is 1.77. The van der Waals surface area contributed by atoms with Crippen LogP contribution in [-0.2, 0) is 11.2 Å². The van der Waals surface area contributed by atoms with Gasteiger partial charge < -0.3 is 9.15 Å². The first-order valence-electron chi connectivity index (χ1n) is 4.90. The van der Waals surface area contributed by atoms with Crippen molar-refractivity contribution < 1.29 is 13.9 Å². The third-order valence-corrected chi connectivity index (χ3v) is 2.06. The second-order valence-corrected chi connectivity index (χ2v) is 3.20. The standard InChI is InChI=1S/C11H14O4/c1-3-4-5-8-6-7-9(10(12)14-2)11(13)15-8/h6-7H,3-5H2,1-2H3. The second kappa shape index (κ2) is 5.34. The van der Waals surface area contributed by atoms with Gasteiger partial charge in [0.2, 0.25) is 0 Å². The molecule has 0 aliphatic heterocycles. The second-order valence-electron chi connectivity index (χ2n) is 3.20. The van der Waals surface area contributed by atoms with E-state index in [9.17, 15) is 9.59 Å². The van der Waals surface area contributed by atoms with Crippen molar-refractivity contribution in [2.24, 2.45) is 0 Å². The molecule has 0 aliphatic rings. The van der Waals surface area contributed by atoms with Crippen molar-refractivity contribution in [1.82, 2.24) is 0 Å². The largest absolute Gasteiger partial charge is 0.465 e. The van der Waals surface area contributed by atoms with Gasteiger partial charge in [0.15, 0.2) is 0 Å². The first kappa shape index (κ1) is 11.5. The first-order chi connectivity index (χ1) is 7.19. The minimum atomic E-state index is -0.661. The number of hydrogen-bond donors (Lipinski definition) is 0. The molecule has 4 heteroatoms. The molecule has 0 aliphatic carbocycles. The highest BCUT2D eigenvalue weighted by Crippen LogP contribution is 2.04. The van der Waals surface area contributed by atoms with Gasteiger partial charge in [-0.2, -0.15) is 0 Å². The molecule has 0 radical (unpaired) electrons. The number of carbonyl (C=O) groups is 1. The van der Waals surface area contributed by atoms with Gasteiger partial charge in [0.25, 0.3) is 0 Å². The van der Waals surface area contributed by atoms with E-state index in [1.165, 1.54) is 13.2 Å². The minimum Gasteiger partial charge on any atom is -0.465 e. The lowest BCUT2D eigenvalue weighted by Gasteiger charge is -2.00. The average molecular weight is 210 g/mol. The quantitative estimate of drug-likeness (QED) is 0.710. The van der Waals surface area contributed by atoms with Gasteiger partial charge in [-0.15, -0.1) is 0 Å². The fourth-order valence-corrected chi connectivity index (χ4v) is 1.20. The highest BCUT2D eigenvalue weighted by Gasteiger charge is 2.12. The van der Waals surface area contributed by atoms with Crippen LogP contribution in [0.2, 0.25) is 0 Å². The summed E-state index contributed by atoms with van der Waals surface area (Å²) in [7, 11) is 1.23. The van der Waals surface area contributed by atoms with Gasteiger partial charge in [-0.3, -0.25) is 0 Å². The molecule has 4 nitrogen and oxygen atoms in total. The van der Waals surface area contributed by atoms with E-state index >= 15 is 0 Å². The number of ether oxygens (including phenoxy) is 1. The van der Waals surface area contributed by atoms with Crippen LogP contribution in [0.3, 0.4) is 0 Å². The van der Waals surface area contributed by atoms with E-state index in [-0.39, 0.29) is 5.56 Å². The van der Waals surface area contributed by atoms with Crippen LogP contribution in [0.15, 0.2) is 21.3 Å². The van der Waals surface area contributed by atoms with E-state index < -0.39 is 11.6 Å². The van der Waals surface area contributed by atoms with Gasteiger partial charge in [-0.25, -0.2) is 9.59 Å². The Hall–Kier alpha value is -1.58. The molecular formula is C11H14O4. The normalized spacial score (nSPS) is 10.0. The van der Waals surface area contributed by atoms with Crippen molar-refractivity contribution in [3.05, 3.63) is 33.9 Å². The highest BCUT2D eigenvalue weighted by atomic mass is 16.5. The molecular weight excluding hydrogens is 196 g/mol. The Labute approximate surface area is 87.9 Å². The van der Waals surface area contributed by atoms with Gasteiger partial charge in [0.05, 0.1) is 7.11 Å². The van der Waals surface area contributed by atoms with Gasteiger partial charge >= 0.3 is 11.6 Å².